The van der Waals surface area contributed by atoms with Crippen molar-refractivity contribution in [3.8, 4) is 0 Å². The number of nitrogens with zero attached hydrogens (tertiary/aromatic N) is 2. The Morgan fingerprint density at radius 3 is 2.24 bits per heavy atom. The monoisotopic (exact) mass is 247 g/mol. The van der Waals surface area contributed by atoms with Crippen LogP contribution in [0.1, 0.15) is 20.8 Å². The van der Waals surface area contributed by atoms with E-state index in [-0.39, 0.29) is 0 Å². The molecule has 0 aliphatic heterocycles. The van der Waals surface area contributed by atoms with Crippen molar-refractivity contribution in [2.45, 2.75) is 31.0 Å². The molecule has 4 heteroatoms. The van der Waals surface area contributed by atoms with Gasteiger partial charge < -0.3 is 5.73 Å². The maximum absolute atomic E-state index is 5.94. The van der Waals surface area contributed by atoms with Crippen LogP contribution in [0.2, 0.25) is 0 Å². The first-order valence-corrected chi connectivity index (χ1v) is 6.65. The second kappa shape index (κ2) is 4.92. The molecular weight excluding hydrogens is 230 g/mol. The molecule has 0 radical (unpaired) electrons. The molecular formula is C13H17N3S. The Kier molecular flexibility index (Phi) is 3.52. The van der Waals surface area contributed by atoms with Gasteiger partial charge in [-0.05, 0) is 18.1 Å². The maximum Gasteiger partial charge on any atom is 0.156 e. The number of nitrogen functional groups attached to an aromatic ring is 1. The van der Waals surface area contributed by atoms with E-state index in [0.717, 1.165) is 16.1 Å². The lowest BCUT2D eigenvalue weighted by Gasteiger charge is -2.15. The first-order chi connectivity index (χ1) is 8.08. The predicted octanol–water partition coefficient (Wildman–Crippen LogP) is 3.35. The summed E-state index contributed by atoms with van der Waals surface area (Å²) in [7, 11) is 0. The minimum atomic E-state index is 0.479. The number of aromatic nitrogens is 2. The van der Waals surface area contributed by atoms with Crippen molar-refractivity contribution in [1.29, 1.82) is 0 Å². The van der Waals surface area contributed by atoms with E-state index in [1.807, 2.05) is 24.3 Å². The lowest BCUT2D eigenvalue weighted by atomic mass is 10.2. The summed E-state index contributed by atoms with van der Waals surface area (Å²) in [5, 5.41) is 1.32. The van der Waals surface area contributed by atoms with Crippen molar-refractivity contribution in [3.05, 3.63) is 24.3 Å². The largest absolute Gasteiger partial charge is 0.381 e. The number of rotatable bonds is 3. The number of thioether (sulfide) groups is 1. The van der Waals surface area contributed by atoms with Crippen molar-refractivity contribution in [1.82, 2.24) is 9.97 Å². The Hall–Kier alpha value is -1.29. The zero-order valence-corrected chi connectivity index (χ0v) is 11.2. The van der Waals surface area contributed by atoms with Crippen LogP contribution >= 0.6 is 11.8 Å². The van der Waals surface area contributed by atoms with Crippen LogP contribution < -0.4 is 5.73 Å². The van der Waals surface area contributed by atoms with Gasteiger partial charge in [-0.25, -0.2) is 9.97 Å². The molecule has 2 N–H and O–H groups in total. The highest BCUT2D eigenvalue weighted by molar-refractivity contribution is 8.00. The number of para-hydroxylation sites is 2. The third kappa shape index (κ3) is 2.69. The molecule has 0 saturated carbocycles. The number of anilines is 1. The fraction of sp³-hybridized carbons (Fsp3) is 0.385. The molecule has 1 atom stereocenters. The van der Waals surface area contributed by atoms with Gasteiger partial charge in [0.2, 0.25) is 0 Å². The Morgan fingerprint density at radius 1 is 1.06 bits per heavy atom. The fourth-order valence-corrected chi connectivity index (χ4v) is 2.34. The zero-order valence-electron chi connectivity index (χ0n) is 10.3. The molecule has 0 aliphatic rings. The van der Waals surface area contributed by atoms with Crippen LogP contribution in [-0.2, 0) is 0 Å². The van der Waals surface area contributed by atoms with Gasteiger partial charge in [-0.3, -0.25) is 0 Å². The van der Waals surface area contributed by atoms with E-state index in [1.165, 1.54) is 0 Å². The van der Waals surface area contributed by atoms with E-state index in [0.29, 0.717) is 17.0 Å². The molecule has 0 amide bonds. The van der Waals surface area contributed by atoms with E-state index in [9.17, 15) is 0 Å². The second-order valence-electron chi connectivity index (χ2n) is 4.47. The molecule has 0 aliphatic carbocycles. The van der Waals surface area contributed by atoms with Crippen LogP contribution in [0.15, 0.2) is 29.3 Å². The molecule has 3 nitrogen and oxygen atoms in total. The Balaban J connectivity index is 2.37. The van der Waals surface area contributed by atoms with Gasteiger partial charge in [-0.1, -0.05) is 44.7 Å². The molecule has 1 heterocycles. The van der Waals surface area contributed by atoms with Crippen LogP contribution in [0.4, 0.5) is 5.82 Å². The van der Waals surface area contributed by atoms with Gasteiger partial charge in [0.25, 0.3) is 0 Å². The van der Waals surface area contributed by atoms with Gasteiger partial charge in [0.1, 0.15) is 5.03 Å². The van der Waals surface area contributed by atoms with E-state index in [4.69, 9.17) is 5.73 Å². The Morgan fingerprint density at radius 2 is 1.65 bits per heavy atom. The third-order valence-electron chi connectivity index (χ3n) is 2.80. The van der Waals surface area contributed by atoms with Crippen molar-refractivity contribution >= 4 is 28.6 Å². The lowest BCUT2D eigenvalue weighted by molar-refractivity contribution is 0.641. The molecule has 90 valence electrons. The van der Waals surface area contributed by atoms with Crippen LogP contribution in [-0.4, -0.2) is 15.2 Å². The first-order valence-electron chi connectivity index (χ1n) is 5.77. The highest BCUT2D eigenvalue weighted by Crippen LogP contribution is 2.30. The summed E-state index contributed by atoms with van der Waals surface area (Å²) in [5.74, 6) is 1.12. The molecule has 1 unspecified atom stereocenters. The Bertz CT molecular complexity index is 525. The lowest BCUT2D eigenvalue weighted by Crippen LogP contribution is -2.07. The highest BCUT2D eigenvalue weighted by Gasteiger charge is 2.13. The molecule has 0 fully saturated rings. The molecule has 0 bridgehead atoms. The van der Waals surface area contributed by atoms with Gasteiger partial charge >= 0.3 is 0 Å². The molecule has 2 aromatic rings. The summed E-state index contributed by atoms with van der Waals surface area (Å²) >= 11 is 1.69. The average molecular weight is 247 g/mol. The van der Waals surface area contributed by atoms with E-state index in [2.05, 4.69) is 30.7 Å². The van der Waals surface area contributed by atoms with Gasteiger partial charge in [0.15, 0.2) is 5.82 Å². The van der Waals surface area contributed by atoms with Gasteiger partial charge in [-0.15, -0.1) is 0 Å². The molecule has 2 rings (SSSR count). The standard InChI is InChI=1S/C13H17N3S/c1-8(2)9(3)17-13-12(14)15-10-6-4-5-7-11(10)16-13/h4-9H,1-3H3,(H2,14,15). The van der Waals surface area contributed by atoms with Gasteiger partial charge in [-0.2, -0.15) is 0 Å². The SMILES string of the molecule is CC(C)C(C)Sc1nc2ccccc2nc1N. The van der Waals surface area contributed by atoms with Crippen molar-refractivity contribution < 1.29 is 0 Å². The number of hydrogen-bond donors (Lipinski definition) is 1. The van der Waals surface area contributed by atoms with Gasteiger partial charge in [0.05, 0.1) is 11.0 Å². The van der Waals surface area contributed by atoms with E-state index in [1.54, 1.807) is 11.8 Å². The number of nitrogens with two attached hydrogens (primary N) is 1. The van der Waals surface area contributed by atoms with Crippen molar-refractivity contribution in [2.75, 3.05) is 5.73 Å². The second-order valence-corrected chi connectivity index (χ2v) is 5.84. The number of hydrogen-bond acceptors (Lipinski definition) is 4. The zero-order chi connectivity index (χ0) is 12.4. The summed E-state index contributed by atoms with van der Waals surface area (Å²) in [6.07, 6.45) is 0. The van der Waals surface area contributed by atoms with Crippen molar-refractivity contribution in [3.63, 3.8) is 0 Å². The Labute approximate surface area is 106 Å². The van der Waals surface area contributed by atoms with Gasteiger partial charge in [0, 0.05) is 5.25 Å². The van der Waals surface area contributed by atoms with Crippen molar-refractivity contribution in [2.24, 2.45) is 5.92 Å². The summed E-state index contributed by atoms with van der Waals surface area (Å²) in [5.41, 5.74) is 7.70. The van der Waals surface area contributed by atoms with E-state index < -0.39 is 0 Å². The topological polar surface area (TPSA) is 51.8 Å². The predicted molar refractivity (Wildman–Crippen MR) is 74.1 cm³/mol. The molecule has 1 aromatic heterocycles. The molecule has 17 heavy (non-hydrogen) atoms. The smallest absolute Gasteiger partial charge is 0.156 e. The molecule has 1 aromatic carbocycles. The van der Waals surface area contributed by atoms with Crippen LogP contribution in [0.25, 0.3) is 11.0 Å². The number of benzene rings is 1. The average Bonchev–Trinajstić information content (AvgIpc) is 2.29. The minimum Gasteiger partial charge on any atom is -0.381 e. The summed E-state index contributed by atoms with van der Waals surface area (Å²) in [4.78, 5) is 8.96. The van der Waals surface area contributed by atoms with E-state index >= 15 is 0 Å². The summed E-state index contributed by atoms with van der Waals surface area (Å²) in [6.45, 7) is 6.58. The molecule has 0 spiro atoms. The summed E-state index contributed by atoms with van der Waals surface area (Å²) in [6, 6.07) is 7.80. The first kappa shape index (κ1) is 12.2. The maximum atomic E-state index is 5.94. The van der Waals surface area contributed by atoms with Crippen LogP contribution in [0, 0.1) is 5.92 Å². The normalized spacial score (nSPS) is 13.2. The number of fused-ring (bicyclic) bond motifs is 1. The van der Waals surface area contributed by atoms with Crippen LogP contribution in [0.5, 0.6) is 0 Å². The summed E-state index contributed by atoms with van der Waals surface area (Å²) < 4.78 is 0. The quantitative estimate of drug-likeness (QED) is 0.845. The fourth-order valence-electron chi connectivity index (χ4n) is 1.40. The minimum absolute atomic E-state index is 0.479. The highest BCUT2D eigenvalue weighted by atomic mass is 32.2. The third-order valence-corrected chi connectivity index (χ3v) is 4.24. The van der Waals surface area contributed by atoms with Crippen LogP contribution in [0.3, 0.4) is 0 Å². The molecule has 0 saturated heterocycles.